The van der Waals surface area contributed by atoms with E-state index >= 15 is 0 Å². The number of hydrogen-bond donors (Lipinski definition) is 2. The normalized spacial score (nSPS) is 16.8. The molecule has 0 bridgehead atoms. The van der Waals surface area contributed by atoms with Crippen LogP contribution in [-0.4, -0.2) is 37.7 Å². The molecule has 2 heterocycles. The molecular formula is C16H16N4O6S2. The van der Waals surface area contributed by atoms with Gasteiger partial charge in [-0.25, -0.2) is 22.9 Å². The third-order valence-corrected chi connectivity index (χ3v) is 6.48. The van der Waals surface area contributed by atoms with Crippen molar-refractivity contribution >= 4 is 48.3 Å². The lowest BCUT2D eigenvalue weighted by molar-refractivity contribution is 0.256. The number of allylic oxidation sites excluding steroid dienone is 4. The molecule has 1 atom stereocenters. The summed E-state index contributed by atoms with van der Waals surface area (Å²) in [6, 6.07) is 0.659. The van der Waals surface area contributed by atoms with Crippen LogP contribution in [0.4, 0.5) is 10.7 Å². The summed E-state index contributed by atoms with van der Waals surface area (Å²) in [5.41, 5.74) is 0.806. The second kappa shape index (κ2) is 7.20. The van der Waals surface area contributed by atoms with Crippen LogP contribution in [0.1, 0.15) is 18.4 Å². The lowest BCUT2D eigenvalue weighted by Gasteiger charge is -2.18. The molecule has 12 heteroatoms. The first-order chi connectivity index (χ1) is 13.1. The average molecular weight is 424 g/mol. The zero-order valence-electron chi connectivity index (χ0n) is 15.0. The van der Waals surface area contributed by atoms with Crippen LogP contribution in [-0.2, 0) is 20.3 Å². The van der Waals surface area contributed by atoms with Gasteiger partial charge in [0.15, 0.2) is 0 Å². The molecule has 2 aromatic rings. The Labute approximate surface area is 161 Å². The number of rotatable bonds is 3. The molecule has 2 amide bonds. The highest BCUT2D eigenvalue weighted by Gasteiger charge is 2.30. The summed E-state index contributed by atoms with van der Waals surface area (Å²) in [4.78, 5) is 19.9. The molecule has 0 fully saturated rings. The van der Waals surface area contributed by atoms with E-state index in [1.165, 1.54) is 25.2 Å². The summed E-state index contributed by atoms with van der Waals surface area (Å²) in [7, 11) is -6.87. The molecule has 0 saturated heterocycles. The molecule has 3 rings (SSSR count). The molecular weight excluding hydrogens is 408 g/mol. The van der Waals surface area contributed by atoms with E-state index in [1.54, 1.807) is 19.9 Å². The fraction of sp³-hybridized carbons (Fsp3) is 0.250. The zero-order valence-corrected chi connectivity index (χ0v) is 16.7. The van der Waals surface area contributed by atoms with Crippen molar-refractivity contribution in [1.29, 1.82) is 0 Å². The smallest absolute Gasteiger partial charge is 0.335 e. The quantitative estimate of drug-likeness (QED) is 0.703. The van der Waals surface area contributed by atoms with Crippen molar-refractivity contribution in [2.75, 3.05) is 5.32 Å². The van der Waals surface area contributed by atoms with Crippen LogP contribution in [0.25, 0.3) is 11.1 Å². The SMILES string of the molecule is Cc1cc2c(C)nc(NC(=O)NS(=O)(=O)C3=CC=CC(=S(=O)=O)C3C)nc2o1. The topological polar surface area (TPSA) is 148 Å². The average Bonchev–Trinajstić information content (AvgIpc) is 2.94. The van der Waals surface area contributed by atoms with Crippen molar-refractivity contribution in [3.63, 3.8) is 0 Å². The van der Waals surface area contributed by atoms with Crippen LogP contribution >= 0.6 is 0 Å². The van der Waals surface area contributed by atoms with Gasteiger partial charge in [0.05, 0.1) is 20.8 Å². The molecule has 1 unspecified atom stereocenters. The molecule has 2 aromatic heterocycles. The second-order valence-electron chi connectivity index (χ2n) is 6.06. The fourth-order valence-electron chi connectivity index (χ4n) is 2.74. The van der Waals surface area contributed by atoms with Crippen LogP contribution in [0, 0.1) is 19.8 Å². The summed E-state index contributed by atoms with van der Waals surface area (Å²) in [6.45, 7) is 4.85. The molecule has 148 valence electrons. The van der Waals surface area contributed by atoms with Crippen molar-refractivity contribution in [2.45, 2.75) is 20.8 Å². The Morgan fingerprint density at radius 3 is 2.64 bits per heavy atom. The first-order valence-corrected chi connectivity index (χ1v) is 10.6. The van der Waals surface area contributed by atoms with Gasteiger partial charge in [0.2, 0.25) is 22.0 Å². The Balaban J connectivity index is 1.82. The van der Waals surface area contributed by atoms with Crippen molar-refractivity contribution in [2.24, 2.45) is 5.92 Å². The van der Waals surface area contributed by atoms with E-state index in [-0.39, 0.29) is 21.4 Å². The van der Waals surface area contributed by atoms with Crippen LogP contribution in [0.15, 0.2) is 33.6 Å². The van der Waals surface area contributed by atoms with E-state index in [1.807, 2.05) is 4.72 Å². The summed E-state index contributed by atoms with van der Waals surface area (Å²) in [6.07, 6.45) is 3.82. The van der Waals surface area contributed by atoms with Crippen LogP contribution < -0.4 is 10.0 Å². The lowest BCUT2D eigenvalue weighted by atomic mass is 10.0. The Kier molecular flexibility index (Phi) is 5.08. The molecule has 0 aromatic carbocycles. The number of fused-ring (bicyclic) bond motifs is 1. The van der Waals surface area contributed by atoms with E-state index in [2.05, 4.69) is 15.3 Å². The number of carbonyl (C=O) groups excluding carboxylic acids is 1. The summed E-state index contributed by atoms with van der Waals surface area (Å²) >= 11 is 0. The van der Waals surface area contributed by atoms with Gasteiger partial charge in [0.1, 0.15) is 5.76 Å². The lowest BCUT2D eigenvalue weighted by Crippen LogP contribution is -2.38. The standard InChI is InChI=1S/C16H16N4O6S2/c1-8-7-11-10(3)17-15(18-14(11)26-8)19-16(21)20-28(24,25)13-6-4-5-12(9(13)2)27(22)23/h4-7,9H,1-3H3,(H2,17,18,19,20,21). The Morgan fingerprint density at radius 1 is 1.25 bits per heavy atom. The first kappa shape index (κ1) is 19.8. The predicted molar refractivity (Wildman–Crippen MR) is 103 cm³/mol. The Morgan fingerprint density at radius 2 is 1.96 bits per heavy atom. The van der Waals surface area contributed by atoms with Gasteiger partial charge >= 0.3 is 6.03 Å². The number of sulfonamides is 1. The summed E-state index contributed by atoms with van der Waals surface area (Å²) in [5.74, 6) is -0.453. The summed E-state index contributed by atoms with van der Waals surface area (Å²) < 4.78 is 54.6. The zero-order chi connectivity index (χ0) is 20.6. The highest BCUT2D eigenvalue weighted by atomic mass is 32.2. The Bertz CT molecular complexity index is 1280. The number of carbonyl (C=O) groups is 1. The van der Waals surface area contributed by atoms with Gasteiger partial charge in [-0.2, -0.15) is 13.4 Å². The number of hydrogen-bond acceptors (Lipinski definition) is 8. The second-order valence-corrected chi connectivity index (χ2v) is 8.68. The number of aryl methyl sites for hydroxylation is 2. The number of urea groups is 1. The number of furan rings is 1. The van der Waals surface area contributed by atoms with Crippen LogP contribution in [0.2, 0.25) is 0 Å². The molecule has 2 N–H and O–H groups in total. The van der Waals surface area contributed by atoms with Crippen molar-refractivity contribution in [3.05, 3.63) is 40.7 Å². The fourth-order valence-corrected chi connectivity index (χ4v) is 4.68. The van der Waals surface area contributed by atoms with Crippen molar-refractivity contribution in [1.82, 2.24) is 14.7 Å². The first-order valence-electron chi connectivity index (χ1n) is 8.01. The monoisotopic (exact) mass is 424 g/mol. The van der Waals surface area contributed by atoms with E-state index in [0.29, 0.717) is 16.8 Å². The van der Waals surface area contributed by atoms with Gasteiger partial charge in [0.25, 0.3) is 10.0 Å². The van der Waals surface area contributed by atoms with Crippen LogP contribution in [0.5, 0.6) is 0 Å². The van der Waals surface area contributed by atoms with E-state index < -0.39 is 32.3 Å². The van der Waals surface area contributed by atoms with Gasteiger partial charge < -0.3 is 4.42 Å². The van der Waals surface area contributed by atoms with Gasteiger partial charge in [-0.1, -0.05) is 13.0 Å². The van der Waals surface area contributed by atoms with Gasteiger partial charge in [-0.05, 0) is 32.1 Å². The molecule has 0 saturated carbocycles. The van der Waals surface area contributed by atoms with Crippen LogP contribution in [0.3, 0.4) is 0 Å². The van der Waals surface area contributed by atoms with E-state index in [9.17, 15) is 21.6 Å². The number of nitrogens with one attached hydrogen (secondary N) is 2. The highest BCUT2D eigenvalue weighted by molar-refractivity contribution is 7.94. The van der Waals surface area contributed by atoms with E-state index in [4.69, 9.17) is 4.42 Å². The maximum absolute atomic E-state index is 12.5. The Hall–Kier alpha value is -2.99. The predicted octanol–water partition coefficient (Wildman–Crippen LogP) is 1.43. The molecule has 1 aliphatic rings. The van der Waals surface area contributed by atoms with Gasteiger partial charge in [-0.15, -0.1) is 0 Å². The number of nitrogens with zero attached hydrogens (tertiary/aromatic N) is 2. The third-order valence-electron chi connectivity index (χ3n) is 4.04. The molecule has 1 aliphatic carbocycles. The van der Waals surface area contributed by atoms with E-state index in [0.717, 1.165) is 0 Å². The highest BCUT2D eigenvalue weighted by Crippen LogP contribution is 2.23. The largest absolute Gasteiger partial charge is 0.443 e. The maximum atomic E-state index is 12.5. The van der Waals surface area contributed by atoms with Crippen molar-refractivity contribution in [3.8, 4) is 0 Å². The molecule has 10 nitrogen and oxygen atoms in total. The minimum absolute atomic E-state index is 0.0964. The number of anilines is 1. The number of aromatic nitrogens is 2. The summed E-state index contributed by atoms with van der Waals surface area (Å²) in [5, 5.41) is 2.92. The number of amides is 2. The maximum Gasteiger partial charge on any atom is 0.335 e. The van der Waals surface area contributed by atoms with Gasteiger partial charge in [-0.3, -0.25) is 5.32 Å². The van der Waals surface area contributed by atoms with Gasteiger partial charge in [0, 0.05) is 5.92 Å². The molecule has 28 heavy (non-hydrogen) atoms. The molecule has 0 spiro atoms. The van der Waals surface area contributed by atoms with Crippen molar-refractivity contribution < 1.29 is 26.0 Å². The third kappa shape index (κ3) is 3.82. The molecule has 0 radical (unpaired) electrons. The minimum Gasteiger partial charge on any atom is -0.443 e. The molecule has 0 aliphatic heterocycles. The minimum atomic E-state index is -4.29.